The lowest BCUT2D eigenvalue weighted by Crippen LogP contribution is -2.50. The third kappa shape index (κ3) is 2.45. The van der Waals surface area contributed by atoms with Crippen LogP contribution >= 0.6 is 0 Å². The summed E-state index contributed by atoms with van der Waals surface area (Å²) in [5.74, 6) is -0.918. The van der Waals surface area contributed by atoms with Gasteiger partial charge in [0.2, 0.25) is 0 Å². The average Bonchev–Trinajstić information content (AvgIpc) is 2.82. The highest BCUT2D eigenvalue weighted by Crippen LogP contribution is 2.25. The maximum Gasteiger partial charge on any atom is 0.310 e. The summed E-state index contributed by atoms with van der Waals surface area (Å²) in [6.45, 7) is 2.02. The van der Waals surface area contributed by atoms with Crippen LogP contribution < -0.4 is 4.90 Å². The molecule has 2 aromatic rings. The molecule has 5 heteroatoms. The molecule has 0 radical (unpaired) electrons. The Bertz CT molecular complexity index is 557. The van der Waals surface area contributed by atoms with Crippen LogP contribution in [0, 0.1) is 5.92 Å². The predicted octanol–water partition coefficient (Wildman–Crippen LogP) is 1.45. The minimum absolute atomic E-state index is 0.217. The van der Waals surface area contributed by atoms with Gasteiger partial charge in [-0.05, 0) is 17.7 Å². The molecule has 0 spiro atoms. The third-order valence-electron chi connectivity index (χ3n) is 3.46. The third-order valence-corrected chi connectivity index (χ3v) is 3.46. The van der Waals surface area contributed by atoms with Gasteiger partial charge in [0.15, 0.2) is 0 Å². The Hall–Kier alpha value is -2.30. The van der Waals surface area contributed by atoms with Gasteiger partial charge in [0, 0.05) is 37.7 Å². The molecule has 0 atom stereocenters. The van der Waals surface area contributed by atoms with Gasteiger partial charge in [-0.3, -0.25) is 4.79 Å². The van der Waals surface area contributed by atoms with Crippen molar-refractivity contribution in [3.63, 3.8) is 0 Å². The van der Waals surface area contributed by atoms with E-state index in [0.29, 0.717) is 13.1 Å². The largest absolute Gasteiger partial charge is 0.481 e. The van der Waals surface area contributed by atoms with Gasteiger partial charge in [-0.15, -0.1) is 0 Å². The number of carboxylic acids is 1. The standard InChI is InChI=1S/C14H15N3O2/c18-14(19)12-8-17(9-12)13-3-1-11(2-4-13)7-16-6-5-15-10-16/h1-6,10,12H,7-9H2,(H,18,19). The molecule has 0 amide bonds. The topological polar surface area (TPSA) is 58.4 Å². The summed E-state index contributed by atoms with van der Waals surface area (Å²) in [4.78, 5) is 16.8. The van der Waals surface area contributed by atoms with E-state index in [1.165, 1.54) is 5.56 Å². The average molecular weight is 257 g/mol. The van der Waals surface area contributed by atoms with Gasteiger partial charge < -0.3 is 14.6 Å². The van der Waals surface area contributed by atoms with E-state index in [2.05, 4.69) is 22.0 Å². The molecule has 19 heavy (non-hydrogen) atoms. The van der Waals surface area contributed by atoms with Crippen LogP contribution in [0.3, 0.4) is 0 Å². The highest BCUT2D eigenvalue weighted by Gasteiger charge is 2.32. The van der Waals surface area contributed by atoms with Crippen molar-refractivity contribution in [1.29, 1.82) is 0 Å². The molecule has 0 aliphatic carbocycles. The Morgan fingerprint density at radius 2 is 2.05 bits per heavy atom. The molecular weight excluding hydrogens is 242 g/mol. The fraction of sp³-hybridized carbons (Fsp3) is 0.286. The van der Waals surface area contributed by atoms with Crippen molar-refractivity contribution < 1.29 is 9.90 Å². The highest BCUT2D eigenvalue weighted by molar-refractivity contribution is 5.74. The Balaban J connectivity index is 1.62. The second-order valence-corrected chi connectivity index (χ2v) is 4.84. The van der Waals surface area contributed by atoms with Gasteiger partial charge in [0.1, 0.15) is 0 Å². The molecule has 3 rings (SSSR count). The zero-order valence-electron chi connectivity index (χ0n) is 10.4. The van der Waals surface area contributed by atoms with Crippen LogP contribution in [0.5, 0.6) is 0 Å². The molecule has 1 fully saturated rings. The molecule has 1 N–H and O–H groups in total. The summed E-state index contributed by atoms with van der Waals surface area (Å²) in [5.41, 5.74) is 2.30. The smallest absolute Gasteiger partial charge is 0.310 e. The molecule has 0 unspecified atom stereocenters. The number of carboxylic acid groups (broad SMARTS) is 1. The lowest BCUT2D eigenvalue weighted by Gasteiger charge is -2.38. The maximum atomic E-state index is 10.8. The number of benzene rings is 1. The van der Waals surface area contributed by atoms with Crippen molar-refractivity contribution in [3.8, 4) is 0 Å². The second-order valence-electron chi connectivity index (χ2n) is 4.84. The fourth-order valence-corrected chi connectivity index (χ4v) is 2.25. The normalized spacial score (nSPS) is 15.3. The summed E-state index contributed by atoms with van der Waals surface area (Å²) >= 11 is 0. The zero-order valence-corrected chi connectivity index (χ0v) is 10.4. The Morgan fingerprint density at radius 1 is 1.32 bits per heavy atom. The molecule has 1 aliphatic heterocycles. The highest BCUT2D eigenvalue weighted by atomic mass is 16.4. The number of nitrogens with zero attached hydrogens (tertiary/aromatic N) is 3. The number of carbonyl (C=O) groups is 1. The van der Waals surface area contributed by atoms with E-state index in [1.807, 2.05) is 22.9 Å². The predicted molar refractivity (Wildman–Crippen MR) is 71.1 cm³/mol. The molecule has 98 valence electrons. The van der Waals surface area contributed by atoms with Crippen molar-refractivity contribution >= 4 is 11.7 Å². The number of hydrogen-bond acceptors (Lipinski definition) is 3. The lowest BCUT2D eigenvalue weighted by molar-refractivity contribution is -0.142. The molecule has 0 saturated carbocycles. The monoisotopic (exact) mass is 257 g/mol. The van der Waals surface area contributed by atoms with Crippen LogP contribution in [0.25, 0.3) is 0 Å². The summed E-state index contributed by atoms with van der Waals surface area (Å²) in [7, 11) is 0. The molecular formula is C14H15N3O2. The Kier molecular flexibility index (Phi) is 2.95. The molecule has 1 aromatic carbocycles. The van der Waals surface area contributed by atoms with Crippen LogP contribution in [0.15, 0.2) is 43.0 Å². The van der Waals surface area contributed by atoms with Gasteiger partial charge in [-0.2, -0.15) is 0 Å². The van der Waals surface area contributed by atoms with Crippen LogP contribution in [0.4, 0.5) is 5.69 Å². The molecule has 0 bridgehead atoms. The lowest BCUT2D eigenvalue weighted by atomic mass is 9.99. The van der Waals surface area contributed by atoms with Crippen molar-refractivity contribution in [2.75, 3.05) is 18.0 Å². The van der Waals surface area contributed by atoms with Gasteiger partial charge in [0.25, 0.3) is 0 Å². The SMILES string of the molecule is O=C(O)C1CN(c2ccc(Cn3ccnc3)cc2)C1. The van der Waals surface area contributed by atoms with E-state index in [4.69, 9.17) is 5.11 Å². The fourth-order valence-electron chi connectivity index (χ4n) is 2.25. The van der Waals surface area contributed by atoms with Gasteiger partial charge in [0.05, 0.1) is 12.2 Å². The van der Waals surface area contributed by atoms with Crippen LogP contribution in [0.2, 0.25) is 0 Å². The maximum absolute atomic E-state index is 10.8. The summed E-state index contributed by atoms with van der Waals surface area (Å²) in [6, 6.07) is 8.24. The van der Waals surface area contributed by atoms with E-state index in [1.54, 1.807) is 12.5 Å². The Morgan fingerprint density at radius 3 is 2.63 bits per heavy atom. The number of hydrogen-bond donors (Lipinski definition) is 1. The number of imidazole rings is 1. The number of anilines is 1. The van der Waals surface area contributed by atoms with Crippen LogP contribution in [0.1, 0.15) is 5.56 Å². The molecule has 1 saturated heterocycles. The number of aromatic nitrogens is 2. The Labute approximate surface area is 111 Å². The number of aliphatic carboxylic acids is 1. The van der Waals surface area contributed by atoms with Gasteiger partial charge in [-0.1, -0.05) is 12.1 Å². The molecule has 2 heterocycles. The first-order chi connectivity index (χ1) is 9.22. The second kappa shape index (κ2) is 4.76. The van der Waals surface area contributed by atoms with Crippen molar-refractivity contribution in [1.82, 2.24) is 9.55 Å². The van der Waals surface area contributed by atoms with E-state index in [0.717, 1.165) is 12.2 Å². The van der Waals surface area contributed by atoms with E-state index < -0.39 is 5.97 Å². The number of rotatable bonds is 4. The van der Waals surface area contributed by atoms with E-state index >= 15 is 0 Å². The van der Waals surface area contributed by atoms with Gasteiger partial charge in [-0.25, -0.2) is 4.98 Å². The zero-order chi connectivity index (χ0) is 13.2. The minimum atomic E-state index is -0.701. The van der Waals surface area contributed by atoms with E-state index in [-0.39, 0.29) is 5.92 Å². The first-order valence-corrected chi connectivity index (χ1v) is 6.25. The summed E-state index contributed by atoms with van der Waals surface area (Å²) < 4.78 is 2.01. The minimum Gasteiger partial charge on any atom is -0.481 e. The first-order valence-electron chi connectivity index (χ1n) is 6.25. The van der Waals surface area contributed by atoms with Crippen LogP contribution in [-0.2, 0) is 11.3 Å². The molecule has 1 aliphatic rings. The molecule has 5 nitrogen and oxygen atoms in total. The van der Waals surface area contributed by atoms with Gasteiger partial charge >= 0.3 is 5.97 Å². The van der Waals surface area contributed by atoms with Crippen molar-refractivity contribution in [2.45, 2.75) is 6.54 Å². The summed E-state index contributed by atoms with van der Waals surface area (Å²) in [5, 5.41) is 8.85. The molecule has 1 aromatic heterocycles. The summed E-state index contributed by atoms with van der Waals surface area (Å²) in [6.07, 6.45) is 5.49. The first kappa shape index (κ1) is 11.8. The van der Waals surface area contributed by atoms with Crippen molar-refractivity contribution in [2.24, 2.45) is 5.92 Å². The van der Waals surface area contributed by atoms with E-state index in [9.17, 15) is 4.79 Å². The quantitative estimate of drug-likeness (QED) is 0.900. The van der Waals surface area contributed by atoms with Crippen LogP contribution in [-0.4, -0.2) is 33.7 Å². The van der Waals surface area contributed by atoms with Crippen molar-refractivity contribution in [3.05, 3.63) is 48.5 Å².